The molecule has 2 amide bonds. The van der Waals surface area contributed by atoms with Crippen molar-refractivity contribution in [3.8, 4) is 11.8 Å². The molecule has 3 aromatic carbocycles. The monoisotopic (exact) mass is 514 g/mol. The van der Waals surface area contributed by atoms with E-state index in [1.165, 1.54) is 18.2 Å². The van der Waals surface area contributed by atoms with Gasteiger partial charge >= 0.3 is 0 Å². The Balaban J connectivity index is 1.44. The molecule has 0 aromatic heterocycles. The van der Waals surface area contributed by atoms with Crippen LogP contribution in [0.2, 0.25) is 0 Å². The van der Waals surface area contributed by atoms with E-state index in [2.05, 4.69) is 16.7 Å². The number of nitriles is 1. The van der Waals surface area contributed by atoms with Gasteiger partial charge < -0.3 is 15.4 Å². The Hall–Kier alpha value is -4.62. The van der Waals surface area contributed by atoms with Crippen LogP contribution in [0.1, 0.15) is 23.5 Å². The fourth-order valence-electron chi connectivity index (χ4n) is 3.82. The number of nitrogens with zero attached hydrogens (tertiary/aromatic N) is 2. The van der Waals surface area contributed by atoms with Crippen molar-refractivity contribution < 1.29 is 19.2 Å². The molecule has 0 fully saturated rings. The number of ether oxygens (including phenoxy) is 1. The second kappa shape index (κ2) is 11.9. The highest BCUT2D eigenvalue weighted by Crippen LogP contribution is 2.36. The number of nitro benzene ring substituents is 1. The van der Waals surface area contributed by atoms with Gasteiger partial charge in [-0.05, 0) is 29.3 Å². The number of benzene rings is 3. The van der Waals surface area contributed by atoms with Crippen LogP contribution in [0.15, 0.2) is 89.5 Å². The molecule has 0 saturated heterocycles. The van der Waals surface area contributed by atoms with E-state index in [4.69, 9.17) is 4.74 Å². The number of hydrogen-bond acceptors (Lipinski definition) is 7. The van der Waals surface area contributed by atoms with E-state index >= 15 is 0 Å². The fraction of sp³-hybridized carbons (Fsp3) is 0.148. The van der Waals surface area contributed by atoms with Gasteiger partial charge in [-0.1, -0.05) is 66.4 Å². The summed E-state index contributed by atoms with van der Waals surface area (Å²) in [6.45, 7) is 0.421. The normalized spacial score (nSPS) is 14.9. The molecule has 186 valence electrons. The summed E-state index contributed by atoms with van der Waals surface area (Å²) in [6, 6.07) is 25.0. The molecular formula is C27H22N4O5S. The minimum absolute atomic E-state index is 0.0766. The third-order valence-electron chi connectivity index (χ3n) is 5.61. The van der Waals surface area contributed by atoms with Crippen LogP contribution in [0, 0.1) is 21.4 Å². The van der Waals surface area contributed by atoms with Crippen LogP contribution in [-0.4, -0.2) is 22.5 Å². The Morgan fingerprint density at radius 1 is 1.11 bits per heavy atom. The maximum absolute atomic E-state index is 12.5. The predicted molar refractivity (Wildman–Crippen MR) is 140 cm³/mol. The number of allylic oxidation sites excluding steroid dienone is 1. The van der Waals surface area contributed by atoms with Gasteiger partial charge in [0.25, 0.3) is 5.69 Å². The molecule has 0 unspecified atom stereocenters. The van der Waals surface area contributed by atoms with Crippen LogP contribution in [0.25, 0.3) is 0 Å². The van der Waals surface area contributed by atoms with Crippen molar-refractivity contribution >= 4 is 35.0 Å². The number of carbonyl (C=O) groups is 2. The minimum Gasteiger partial charge on any atom is -0.489 e. The summed E-state index contributed by atoms with van der Waals surface area (Å²) in [5.41, 5.74) is 2.02. The molecule has 37 heavy (non-hydrogen) atoms. The fourth-order valence-corrected chi connectivity index (χ4v) is 4.69. The lowest BCUT2D eigenvalue weighted by Gasteiger charge is -2.25. The lowest BCUT2D eigenvalue weighted by Crippen LogP contribution is -2.31. The summed E-state index contributed by atoms with van der Waals surface area (Å²) in [6.07, 6.45) is 0.0968. The second-order valence-electron chi connectivity index (χ2n) is 8.11. The number of carbonyl (C=O) groups excluding carboxylic acids is 2. The SMILES string of the molecule is N#CC1=C(SCC(=O)Nc2ccccc2[N+](=O)[O-])NC(=O)C[C@H]1c1ccc(OCc2ccccc2)cc1. The predicted octanol–water partition coefficient (Wildman–Crippen LogP) is 4.88. The van der Waals surface area contributed by atoms with Gasteiger partial charge in [-0.3, -0.25) is 19.7 Å². The minimum atomic E-state index is -0.580. The quantitative estimate of drug-likeness (QED) is 0.307. The summed E-state index contributed by atoms with van der Waals surface area (Å²) >= 11 is 1.00. The van der Waals surface area contributed by atoms with E-state index in [9.17, 15) is 25.0 Å². The third kappa shape index (κ3) is 6.54. The first-order valence-corrected chi connectivity index (χ1v) is 12.3. The molecule has 0 bridgehead atoms. The van der Waals surface area contributed by atoms with Crippen LogP contribution in [-0.2, 0) is 16.2 Å². The van der Waals surface area contributed by atoms with Gasteiger partial charge in [0, 0.05) is 18.4 Å². The maximum atomic E-state index is 12.5. The van der Waals surface area contributed by atoms with Crippen molar-refractivity contribution in [1.82, 2.24) is 5.32 Å². The van der Waals surface area contributed by atoms with Gasteiger partial charge in [-0.15, -0.1) is 0 Å². The Labute approximate surface area is 217 Å². The van der Waals surface area contributed by atoms with E-state index in [1.807, 2.05) is 42.5 Å². The zero-order valence-corrected chi connectivity index (χ0v) is 20.4. The Kier molecular flexibility index (Phi) is 8.18. The number of amides is 2. The van der Waals surface area contributed by atoms with Gasteiger partial charge in [0.2, 0.25) is 11.8 Å². The molecule has 0 radical (unpaired) electrons. The van der Waals surface area contributed by atoms with Crippen molar-refractivity contribution in [2.45, 2.75) is 18.9 Å². The average molecular weight is 515 g/mol. The number of para-hydroxylation sites is 2. The van der Waals surface area contributed by atoms with E-state index in [1.54, 1.807) is 18.2 Å². The van der Waals surface area contributed by atoms with Crippen molar-refractivity contribution in [3.63, 3.8) is 0 Å². The van der Waals surface area contributed by atoms with Crippen LogP contribution in [0.3, 0.4) is 0 Å². The molecule has 1 atom stereocenters. The number of anilines is 1. The maximum Gasteiger partial charge on any atom is 0.292 e. The molecule has 10 heteroatoms. The van der Waals surface area contributed by atoms with Crippen LogP contribution < -0.4 is 15.4 Å². The molecule has 3 aromatic rings. The van der Waals surface area contributed by atoms with E-state index in [0.717, 1.165) is 22.9 Å². The van der Waals surface area contributed by atoms with Crippen molar-refractivity contribution in [3.05, 3.63) is 111 Å². The van der Waals surface area contributed by atoms with Gasteiger partial charge in [0.1, 0.15) is 18.0 Å². The summed E-state index contributed by atoms with van der Waals surface area (Å²) in [7, 11) is 0. The highest BCUT2D eigenvalue weighted by molar-refractivity contribution is 8.03. The highest BCUT2D eigenvalue weighted by Gasteiger charge is 2.30. The molecule has 9 nitrogen and oxygen atoms in total. The first-order valence-electron chi connectivity index (χ1n) is 11.3. The molecule has 0 aliphatic carbocycles. The summed E-state index contributed by atoms with van der Waals surface area (Å²) in [5.74, 6) is -0.721. The van der Waals surface area contributed by atoms with E-state index < -0.39 is 16.7 Å². The molecule has 4 rings (SSSR count). The largest absolute Gasteiger partial charge is 0.489 e. The third-order valence-corrected chi connectivity index (χ3v) is 6.63. The number of hydrogen-bond donors (Lipinski definition) is 2. The van der Waals surface area contributed by atoms with Crippen LogP contribution in [0.4, 0.5) is 11.4 Å². The second-order valence-corrected chi connectivity index (χ2v) is 9.10. The van der Waals surface area contributed by atoms with Gasteiger partial charge in [-0.25, -0.2) is 0 Å². The smallest absolute Gasteiger partial charge is 0.292 e. The standard InChI is InChI=1S/C27H22N4O5S/c28-15-22-21(19-10-12-20(13-11-19)36-16-18-6-2-1-3-7-18)14-25(32)30-27(22)37-17-26(33)29-23-8-4-5-9-24(23)31(34)35/h1-13,21H,14,16-17H2,(H,29,33)(H,30,32)/t21-/m0/s1. The van der Waals surface area contributed by atoms with Gasteiger partial charge in [0.05, 0.1) is 27.3 Å². The van der Waals surface area contributed by atoms with Gasteiger partial charge in [0.15, 0.2) is 0 Å². The topological polar surface area (TPSA) is 134 Å². The van der Waals surface area contributed by atoms with E-state index in [-0.39, 0.29) is 29.5 Å². The Bertz CT molecular complexity index is 1380. The number of nitro groups is 1. The molecule has 0 saturated carbocycles. The zero-order chi connectivity index (χ0) is 26.2. The number of thioether (sulfide) groups is 1. The van der Waals surface area contributed by atoms with Crippen LogP contribution in [0.5, 0.6) is 5.75 Å². The Morgan fingerprint density at radius 2 is 1.81 bits per heavy atom. The lowest BCUT2D eigenvalue weighted by molar-refractivity contribution is -0.383. The summed E-state index contributed by atoms with van der Waals surface area (Å²) < 4.78 is 5.82. The highest BCUT2D eigenvalue weighted by atomic mass is 32.2. The summed E-state index contributed by atoms with van der Waals surface area (Å²) in [5, 5.41) is 26.5. The average Bonchev–Trinajstić information content (AvgIpc) is 2.91. The van der Waals surface area contributed by atoms with Crippen molar-refractivity contribution in [2.75, 3.05) is 11.1 Å². The number of rotatable bonds is 9. The Morgan fingerprint density at radius 3 is 2.51 bits per heavy atom. The molecule has 1 aliphatic heterocycles. The molecular weight excluding hydrogens is 492 g/mol. The van der Waals surface area contributed by atoms with Gasteiger partial charge in [-0.2, -0.15) is 5.26 Å². The molecule has 2 N–H and O–H groups in total. The molecule has 1 aliphatic rings. The van der Waals surface area contributed by atoms with E-state index in [0.29, 0.717) is 23.0 Å². The summed E-state index contributed by atoms with van der Waals surface area (Å²) in [4.78, 5) is 35.5. The number of nitrogens with one attached hydrogen (secondary N) is 2. The van der Waals surface area contributed by atoms with Crippen LogP contribution >= 0.6 is 11.8 Å². The lowest BCUT2D eigenvalue weighted by atomic mass is 9.87. The molecule has 1 heterocycles. The zero-order valence-electron chi connectivity index (χ0n) is 19.5. The van der Waals surface area contributed by atoms with Crippen molar-refractivity contribution in [1.29, 1.82) is 5.26 Å². The first kappa shape index (κ1) is 25.5. The molecule has 0 spiro atoms. The van der Waals surface area contributed by atoms with Crippen molar-refractivity contribution in [2.24, 2.45) is 0 Å². The first-order chi connectivity index (χ1) is 17.9.